The van der Waals surface area contributed by atoms with E-state index in [1.165, 1.54) is 25.7 Å². The van der Waals surface area contributed by atoms with Gasteiger partial charge < -0.3 is 25.7 Å². The molecule has 10 atom stereocenters. The third kappa shape index (κ3) is 14.5. The molecular formula is C51H83N3O4. The number of allylic oxidation sites excluding steroid dienone is 12. The summed E-state index contributed by atoms with van der Waals surface area (Å²) in [7, 11) is 2.03. The summed E-state index contributed by atoms with van der Waals surface area (Å²) in [5, 5.41) is 28.1. The lowest BCUT2D eigenvalue weighted by Crippen LogP contribution is -2.58. The molecule has 0 aromatic rings. The molecule has 2 amide bonds. The number of hydrogen-bond donors (Lipinski definition) is 4. The number of carbonyl (C=O) groups is 2. The zero-order chi connectivity index (χ0) is 41.8. The maximum atomic E-state index is 12.9. The average Bonchev–Trinajstić information content (AvgIpc) is 3.55. The molecule has 0 radical (unpaired) electrons. The van der Waals surface area contributed by atoms with Gasteiger partial charge in [0.1, 0.15) is 0 Å². The normalized spacial score (nSPS) is 31.9. The Morgan fingerprint density at radius 2 is 1.21 bits per heavy atom. The molecule has 4 rings (SSSR count). The fraction of sp³-hybridized carbons (Fsp3) is 0.725. The number of likely N-dealkylation sites (N-methyl/N-ethyl adjacent to an activating group) is 1. The van der Waals surface area contributed by atoms with Crippen molar-refractivity contribution in [3.63, 3.8) is 0 Å². The van der Waals surface area contributed by atoms with E-state index in [9.17, 15) is 19.8 Å². The van der Waals surface area contributed by atoms with Gasteiger partial charge in [0.2, 0.25) is 11.8 Å². The maximum absolute atomic E-state index is 12.9. The van der Waals surface area contributed by atoms with E-state index in [1.54, 1.807) is 0 Å². The molecule has 0 aliphatic heterocycles. The topological polar surface area (TPSA) is 102 Å². The minimum atomic E-state index is -0.244. The second-order valence-electron chi connectivity index (χ2n) is 18.9. The number of amides is 2. The molecule has 0 heterocycles. The Morgan fingerprint density at radius 1 is 0.690 bits per heavy atom. The highest BCUT2D eigenvalue weighted by Crippen LogP contribution is 2.68. The van der Waals surface area contributed by atoms with Crippen LogP contribution in [0.15, 0.2) is 72.9 Å². The van der Waals surface area contributed by atoms with Crippen molar-refractivity contribution in [3.8, 4) is 0 Å². The van der Waals surface area contributed by atoms with Crippen molar-refractivity contribution in [2.75, 3.05) is 33.2 Å². The first-order valence-electron chi connectivity index (χ1n) is 23.5. The highest BCUT2D eigenvalue weighted by atomic mass is 16.3. The second-order valence-corrected chi connectivity index (χ2v) is 18.9. The summed E-state index contributed by atoms with van der Waals surface area (Å²) >= 11 is 0. The van der Waals surface area contributed by atoms with Gasteiger partial charge in [-0.1, -0.05) is 101 Å². The summed E-state index contributed by atoms with van der Waals surface area (Å²) in [4.78, 5) is 27.3. The molecule has 0 spiro atoms. The van der Waals surface area contributed by atoms with E-state index >= 15 is 0 Å². The van der Waals surface area contributed by atoms with Crippen LogP contribution in [0.5, 0.6) is 0 Å². The number of carbonyl (C=O) groups excluding carboxylic acids is 2. The minimum absolute atomic E-state index is 0.0774. The van der Waals surface area contributed by atoms with Crippen molar-refractivity contribution in [2.45, 2.75) is 155 Å². The molecule has 0 aromatic heterocycles. The molecule has 7 heteroatoms. The molecule has 326 valence electrons. The molecule has 4 saturated carbocycles. The first kappa shape index (κ1) is 47.9. The van der Waals surface area contributed by atoms with Crippen molar-refractivity contribution in [2.24, 2.45) is 46.3 Å². The Balaban J connectivity index is 0.999. The van der Waals surface area contributed by atoms with Gasteiger partial charge in [0, 0.05) is 39.0 Å². The van der Waals surface area contributed by atoms with E-state index in [0.29, 0.717) is 61.4 Å². The lowest BCUT2D eigenvalue weighted by atomic mass is 9.43. The minimum Gasteiger partial charge on any atom is -0.393 e. The summed E-state index contributed by atoms with van der Waals surface area (Å²) in [5.41, 5.74) is 0.493. The van der Waals surface area contributed by atoms with Crippen molar-refractivity contribution in [3.05, 3.63) is 72.9 Å². The van der Waals surface area contributed by atoms with Gasteiger partial charge in [-0.3, -0.25) is 9.59 Å². The van der Waals surface area contributed by atoms with E-state index in [0.717, 1.165) is 90.1 Å². The molecule has 4 N–H and O–H groups in total. The Morgan fingerprint density at radius 3 is 1.79 bits per heavy atom. The first-order valence-corrected chi connectivity index (χ1v) is 23.5. The van der Waals surface area contributed by atoms with Crippen LogP contribution in [0.2, 0.25) is 0 Å². The van der Waals surface area contributed by atoms with E-state index in [2.05, 4.69) is 116 Å². The highest BCUT2D eigenvalue weighted by Gasteiger charge is 2.62. The van der Waals surface area contributed by atoms with Crippen LogP contribution in [-0.2, 0) is 9.59 Å². The van der Waals surface area contributed by atoms with Crippen LogP contribution < -0.4 is 10.6 Å². The summed E-state index contributed by atoms with van der Waals surface area (Å²) < 4.78 is 0. The van der Waals surface area contributed by atoms with Crippen LogP contribution in [0.3, 0.4) is 0 Å². The quantitative estimate of drug-likeness (QED) is 0.0729. The van der Waals surface area contributed by atoms with Gasteiger partial charge in [-0.05, 0) is 156 Å². The highest BCUT2D eigenvalue weighted by molar-refractivity contribution is 5.76. The van der Waals surface area contributed by atoms with Gasteiger partial charge in [-0.15, -0.1) is 0 Å². The molecule has 7 nitrogen and oxygen atoms in total. The number of aliphatic hydroxyl groups excluding tert-OH is 2. The number of fused-ring (bicyclic) bond motifs is 5. The third-order valence-corrected chi connectivity index (χ3v) is 15.0. The van der Waals surface area contributed by atoms with Gasteiger partial charge in [0.25, 0.3) is 0 Å². The van der Waals surface area contributed by atoms with Gasteiger partial charge in [-0.2, -0.15) is 0 Å². The van der Waals surface area contributed by atoms with Crippen molar-refractivity contribution < 1.29 is 19.8 Å². The van der Waals surface area contributed by atoms with E-state index in [4.69, 9.17) is 0 Å². The van der Waals surface area contributed by atoms with Gasteiger partial charge in [0.05, 0.1) is 12.2 Å². The largest absolute Gasteiger partial charge is 0.393 e. The first-order chi connectivity index (χ1) is 28.0. The van der Waals surface area contributed by atoms with E-state index in [1.807, 2.05) is 7.05 Å². The Labute approximate surface area is 354 Å². The summed E-state index contributed by atoms with van der Waals surface area (Å²) in [6, 6.07) is 0. The lowest BCUT2D eigenvalue weighted by Gasteiger charge is -2.62. The lowest BCUT2D eigenvalue weighted by molar-refractivity contribution is -0.174. The fourth-order valence-electron chi connectivity index (χ4n) is 11.7. The summed E-state index contributed by atoms with van der Waals surface area (Å²) in [5.74, 6) is 3.26. The van der Waals surface area contributed by atoms with E-state index in [-0.39, 0.29) is 34.9 Å². The molecule has 0 saturated heterocycles. The SMILES string of the molecule is CC/C=C\C/C=C\C/C=C\C/C=C\C/C=C\C/C=C\CCC(=O)NCCN(C)CCNC(=O)CC[C@@H](C)C1CC[C@H]2[C@@H]3[C@H](O)C[C@@H]4C[C@H](O)CC[C@]4(C)[C@H]3CC[C@]12C. The molecule has 4 aliphatic rings. The molecule has 4 fully saturated rings. The van der Waals surface area contributed by atoms with Crippen molar-refractivity contribution in [1.82, 2.24) is 15.5 Å². The van der Waals surface area contributed by atoms with Crippen LogP contribution in [0.4, 0.5) is 0 Å². The fourth-order valence-corrected chi connectivity index (χ4v) is 11.7. The smallest absolute Gasteiger partial charge is 0.220 e. The van der Waals surface area contributed by atoms with Crippen LogP contribution in [0.25, 0.3) is 0 Å². The Kier molecular flexibility index (Phi) is 20.8. The second kappa shape index (κ2) is 25.1. The number of hydrogen-bond acceptors (Lipinski definition) is 5. The van der Waals surface area contributed by atoms with Crippen LogP contribution in [0, 0.1) is 46.3 Å². The third-order valence-electron chi connectivity index (χ3n) is 15.0. The van der Waals surface area contributed by atoms with Gasteiger partial charge >= 0.3 is 0 Å². The summed E-state index contributed by atoms with van der Waals surface area (Å²) in [6.45, 7) is 12.2. The van der Waals surface area contributed by atoms with Crippen molar-refractivity contribution >= 4 is 11.8 Å². The van der Waals surface area contributed by atoms with Crippen LogP contribution >= 0.6 is 0 Å². The van der Waals surface area contributed by atoms with Gasteiger partial charge in [0.15, 0.2) is 0 Å². The van der Waals surface area contributed by atoms with Crippen molar-refractivity contribution in [1.29, 1.82) is 0 Å². The molecule has 0 bridgehead atoms. The average molecular weight is 802 g/mol. The molecule has 58 heavy (non-hydrogen) atoms. The van der Waals surface area contributed by atoms with Gasteiger partial charge in [-0.25, -0.2) is 0 Å². The number of aliphatic hydroxyl groups is 2. The van der Waals surface area contributed by atoms with Crippen LogP contribution in [0.1, 0.15) is 143 Å². The number of nitrogens with one attached hydrogen (secondary N) is 2. The predicted octanol–water partition coefficient (Wildman–Crippen LogP) is 10.0. The van der Waals surface area contributed by atoms with Crippen LogP contribution in [-0.4, -0.2) is 72.4 Å². The molecule has 1 unspecified atom stereocenters. The standard InChI is InChI=1S/C51H83N3O4/c1-6-7-8-9-10-11-12-13-14-15-16-17-18-19-20-21-22-23-24-25-47(57)52-34-36-54(5)37-35-53-48(58)29-26-40(2)43-27-28-44-49-45(31-33-51(43,44)4)50(3)32-30-42(55)38-41(50)39-46(49)56/h7-8,10-11,13-14,16-17,19-20,22-23,40-46,49,55-56H,6,9,12,15,18,21,24-39H2,1-5H3,(H,52,57)(H,53,58)/b8-7-,11-10-,14-13-,17-16-,20-19-,23-22-/t40-,41+,42-,43?,44+,45+,46-,49+,50+,51-/m1/s1. The zero-order valence-electron chi connectivity index (χ0n) is 37.3. The monoisotopic (exact) mass is 802 g/mol. The predicted molar refractivity (Wildman–Crippen MR) is 242 cm³/mol. The maximum Gasteiger partial charge on any atom is 0.220 e. The number of nitrogens with zero attached hydrogens (tertiary/aromatic N) is 1. The molecule has 4 aliphatic carbocycles. The van der Waals surface area contributed by atoms with E-state index < -0.39 is 0 Å². The molecular weight excluding hydrogens is 719 g/mol. The Bertz CT molecular complexity index is 1420. The Hall–Kier alpha value is -2.74. The summed E-state index contributed by atoms with van der Waals surface area (Å²) in [6.07, 6.45) is 43.0. The molecule has 0 aromatic carbocycles. The number of rotatable bonds is 24. The zero-order valence-corrected chi connectivity index (χ0v) is 37.3.